The van der Waals surface area contributed by atoms with E-state index in [1.54, 1.807) is 0 Å². The third kappa shape index (κ3) is 2.79. The predicted octanol–water partition coefficient (Wildman–Crippen LogP) is 7.67. The molecule has 26 heavy (non-hydrogen) atoms. The minimum atomic E-state index is 0.378. The number of phenols is 1. The molecule has 3 aromatic carbocycles. The molecule has 2 heteroatoms. The fourth-order valence-corrected chi connectivity index (χ4v) is 4.65. The van der Waals surface area contributed by atoms with Crippen molar-refractivity contribution in [1.29, 1.82) is 0 Å². The van der Waals surface area contributed by atoms with Crippen LogP contribution in [0.15, 0.2) is 54.6 Å². The predicted molar refractivity (Wildman–Crippen MR) is 115 cm³/mol. The fraction of sp³-hybridized carbons (Fsp3) is 0.250. The highest BCUT2D eigenvalue weighted by Crippen LogP contribution is 2.42. The number of hydrogen-bond acceptors (Lipinski definition) is 2. The first-order valence-electron chi connectivity index (χ1n) is 9.24. The topological polar surface area (TPSA) is 20.2 Å². The van der Waals surface area contributed by atoms with Crippen molar-refractivity contribution in [3.05, 3.63) is 65.0 Å². The molecule has 0 aliphatic rings. The molecule has 1 aromatic heterocycles. The van der Waals surface area contributed by atoms with Crippen LogP contribution in [0, 0.1) is 0 Å². The lowest BCUT2D eigenvalue weighted by Gasteiger charge is -2.16. The zero-order chi connectivity index (χ0) is 18.4. The fourth-order valence-electron chi connectivity index (χ4n) is 3.60. The Morgan fingerprint density at radius 1 is 0.808 bits per heavy atom. The average molecular weight is 361 g/mol. The second-order valence-corrected chi connectivity index (χ2v) is 8.73. The molecule has 4 rings (SSSR count). The van der Waals surface area contributed by atoms with Crippen LogP contribution in [0.1, 0.15) is 50.0 Å². The third-order valence-electron chi connectivity index (χ3n) is 5.09. The SMILES string of the molecule is CC(C)c1cc2cc(-c3cc(C(C)C)c4ccccc4c3O)ccc2s1. The maximum absolute atomic E-state index is 11.0. The van der Waals surface area contributed by atoms with Crippen LogP contribution in [0.3, 0.4) is 0 Å². The highest BCUT2D eigenvalue weighted by atomic mass is 32.1. The Morgan fingerprint density at radius 2 is 1.54 bits per heavy atom. The van der Waals surface area contributed by atoms with E-state index in [4.69, 9.17) is 0 Å². The number of fused-ring (bicyclic) bond motifs is 2. The van der Waals surface area contributed by atoms with Crippen molar-refractivity contribution in [2.45, 2.75) is 39.5 Å². The van der Waals surface area contributed by atoms with Crippen LogP contribution in [-0.4, -0.2) is 5.11 Å². The van der Waals surface area contributed by atoms with Crippen molar-refractivity contribution in [2.75, 3.05) is 0 Å². The molecule has 4 aromatic rings. The lowest BCUT2D eigenvalue weighted by Crippen LogP contribution is -1.92. The van der Waals surface area contributed by atoms with Crippen LogP contribution >= 0.6 is 11.3 Å². The summed E-state index contributed by atoms with van der Waals surface area (Å²) in [6.07, 6.45) is 0. The Balaban J connectivity index is 1.96. The number of thiophene rings is 1. The Labute approximate surface area is 158 Å². The molecule has 0 saturated carbocycles. The minimum Gasteiger partial charge on any atom is -0.507 e. The molecule has 0 aliphatic carbocycles. The van der Waals surface area contributed by atoms with Gasteiger partial charge in [-0.2, -0.15) is 0 Å². The van der Waals surface area contributed by atoms with Crippen molar-refractivity contribution in [1.82, 2.24) is 0 Å². The van der Waals surface area contributed by atoms with Crippen molar-refractivity contribution >= 4 is 32.2 Å². The van der Waals surface area contributed by atoms with Crippen LogP contribution in [0.25, 0.3) is 32.0 Å². The minimum absolute atomic E-state index is 0.378. The van der Waals surface area contributed by atoms with E-state index in [-0.39, 0.29) is 0 Å². The smallest absolute Gasteiger partial charge is 0.131 e. The standard InChI is InChI=1S/C24H24OS/c1-14(2)20-13-21(24(25)19-8-6-5-7-18(19)20)16-9-10-22-17(11-16)12-23(26-22)15(3)4/h5-15,25H,1-4H3. The molecule has 1 nitrogen and oxygen atoms in total. The summed E-state index contributed by atoms with van der Waals surface area (Å²) < 4.78 is 1.31. The molecule has 0 unspecified atom stereocenters. The highest BCUT2D eigenvalue weighted by molar-refractivity contribution is 7.19. The van der Waals surface area contributed by atoms with Crippen LogP contribution in [0.2, 0.25) is 0 Å². The number of hydrogen-bond donors (Lipinski definition) is 1. The summed E-state index contributed by atoms with van der Waals surface area (Å²) in [5, 5.41) is 14.3. The van der Waals surface area contributed by atoms with Crippen molar-refractivity contribution < 1.29 is 5.11 Å². The van der Waals surface area contributed by atoms with Gasteiger partial charge in [-0.25, -0.2) is 0 Å². The first kappa shape index (κ1) is 17.1. The summed E-state index contributed by atoms with van der Waals surface area (Å²) in [5.41, 5.74) is 3.28. The van der Waals surface area contributed by atoms with Gasteiger partial charge in [-0.1, -0.05) is 58.0 Å². The quantitative estimate of drug-likeness (QED) is 0.397. The van der Waals surface area contributed by atoms with Gasteiger partial charge in [0.05, 0.1) is 0 Å². The van der Waals surface area contributed by atoms with Crippen molar-refractivity contribution in [3.8, 4) is 16.9 Å². The van der Waals surface area contributed by atoms with Gasteiger partial charge in [0, 0.05) is 20.5 Å². The number of aromatic hydroxyl groups is 1. The van der Waals surface area contributed by atoms with Gasteiger partial charge >= 0.3 is 0 Å². The molecular weight excluding hydrogens is 336 g/mol. The number of rotatable bonds is 3. The molecule has 0 fully saturated rings. The van der Waals surface area contributed by atoms with Gasteiger partial charge in [-0.15, -0.1) is 11.3 Å². The second kappa shape index (κ2) is 6.44. The van der Waals surface area contributed by atoms with E-state index in [0.717, 1.165) is 21.9 Å². The summed E-state index contributed by atoms with van der Waals surface area (Å²) in [6.45, 7) is 8.88. The zero-order valence-electron chi connectivity index (χ0n) is 15.7. The van der Waals surface area contributed by atoms with E-state index in [9.17, 15) is 5.11 Å². The second-order valence-electron chi connectivity index (χ2n) is 7.62. The monoisotopic (exact) mass is 360 g/mol. The molecule has 1 heterocycles. The Bertz CT molecular complexity index is 1100. The third-order valence-corrected chi connectivity index (χ3v) is 6.50. The maximum Gasteiger partial charge on any atom is 0.131 e. The van der Waals surface area contributed by atoms with Gasteiger partial charge in [-0.3, -0.25) is 0 Å². The normalized spacial score (nSPS) is 11.9. The summed E-state index contributed by atoms with van der Waals surface area (Å²) in [6, 6.07) is 19.1. The van der Waals surface area contributed by atoms with Gasteiger partial charge in [-0.05, 0) is 58.0 Å². The molecule has 1 N–H and O–H groups in total. The molecule has 0 amide bonds. The molecular formula is C24H24OS. The van der Waals surface area contributed by atoms with Crippen LogP contribution < -0.4 is 0 Å². The lowest BCUT2D eigenvalue weighted by atomic mass is 9.90. The van der Waals surface area contributed by atoms with Gasteiger partial charge < -0.3 is 5.11 Å². The zero-order valence-corrected chi connectivity index (χ0v) is 16.5. The van der Waals surface area contributed by atoms with Gasteiger partial charge in [0.1, 0.15) is 5.75 Å². The van der Waals surface area contributed by atoms with Crippen molar-refractivity contribution in [3.63, 3.8) is 0 Å². The lowest BCUT2D eigenvalue weighted by molar-refractivity contribution is 0.483. The van der Waals surface area contributed by atoms with E-state index >= 15 is 0 Å². The number of benzene rings is 3. The Morgan fingerprint density at radius 3 is 2.23 bits per heavy atom. The highest BCUT2D eigenvalue weighted by Gasteiger charge is 2.15. The molecule has 0 aliphatic heterocycles. The van der Waals surface area contributed by atoms with Crippen LogP contribution in [0.4, 0.5) is 0 Å². The first-order chi connectivity index (χ1) is 12.5. The van der Waals surface area contributed by atoms with Gasteiger partial charge in [0.2, 0.25) is 0 Å². The van der Waals surface area contributed by atoms with Crippen LogP contribution in [0.5, 0.6) is 5.75 Å². The first-order valence-corrected chi connectivity index (χ1v) is 10.1. The average Bonchev–Trinajstić information content (AvgIpc) is 3.05. The largest absolute Gasteiger partial charge is 0.507 e. The van der Waals surface area contributed by atoms with E-state index in [2.05, 4.69) is 64.1 Å². The summed E-state index contributed by atoms with van der Waals surface area (Å²) >= 11 is 1.86. The Kier molecular flexibility index (Phi) is 4.24. The molecule has 0 atom stereocenters. The van der Waals surface area contributed by atoms with E-state index in [0.29, 0.717) is 17.6 Å². The molecule has 132 valence electrons. The Hall–Kier alpha value is -2.32. The van der Waals surface area contributed by atoms with E-state index in [1.807, 2.05) is 29.5 Å². The summed E-state index contributed by atoms with van der Waals surface area (Å²) in [5.74, 6) is 1.32. The summed E-state index contributed by atoms with van der Waals surface area (Å²) in [4.78, 5) is 1.41. The number of phenolic OH excluding ortho intramolecular Hbond substituents is 1. The maximum atomic E-state index is 11.0. The molecule has 0 radical (unpaired) electrons. The van der Waals surface area contributed by atoms with E-state index < -0.39 is 0 Å². The molecule has 0 saturated heterocycles. The van der Waals surface area contributed by atoms with Gasteiger partial charge in [0.15, 0.2) is 0 Å². The van der Waals surface area contributed by atoms with Crippen molar-refractivity contribution in [2.24, 2.45) is 0 Å². The van der Waals surface area contributed by atoms with Crippen LogP contribution in [-0.2, 0) is 0 Å². The summed E-state index contributed by atoms with van der Waals surface area (Å²) in [7, 11) is 0. The van der Waals surface area contributed by atoms with E-state index in [1.165, 1.54) is 20.5 Å². The molecule has 0 spiro atoms. The molecule has 0 bridgehead atoms. The van der Waals surface area contributed by atoms with Gasteiger partial charge in [0.25, 0.3) is 0 Å².